The summed E-state index contributed by atoms with van der Waals surface area (Å²) in [5, 5.41) is 11.6. The van der Waals surface area contributed by atoms with Crippen LogP contribution in [-0.2, 0) is 6.54 Å². The predicted octanol–water partition coefficient (Wildman–Crippen LogP) is 3.73. The number of fused-ring (bicyclic) bond motifs is 1. The maximum atomic E-state index is 13.4. The highest BCUT2D eigenvalue weighted by molar-refractivity contribution is 6.40. The van der Waals surface area contributed by atoms with E-state index in [4.69, 9.17) is 32.7 Å². The summed E-state index contributed by atoms with van der Waals surface area (Å²) in [6, 6.07) is 5.06. The van der Waals surface area contributed by atoms with E-state index in [9.17, 15) is 4.79 Å². The molecular weight excluding hydrogens is 457 g/mol. The van der Waals surface area contributed by atoms with Crippen LogP contribution in [0.5, 0.6) is 11.8 Å². The standard InChI is InChI=1S/C20H17Cl2N7O3/c1-4-29-16-12(27-28-20(25-16)24-10-5-7-23-8-6-10)9-11(19(29)30)13-14(21)17(31-2)26-18(32-3)15(13)22/h5-9H,4H2,1-3H3,(H,23,24,25,28). The number of methoxy groups -OCH3 is 2. The Bertz CT molecular complexity index is 1340. The summed E-state index contributed by atoms with van der Waals surface area (Å²) in [5.74, 6) is 0.388. The van der Waals surface area contributed by atoms with Gasteiger partial charge < -0.3 is 14.8 Å². The van der Waals surface area contributed by atoms with Gasteiger partial charge in [-0.3, -0.25) is 14.3 Å². The largest absolute Gasteiger partial charge is 0.480 e. The van der Waals surface area contributed by atoms with Gasteiger partial charge in [0.1, 0.15) is 15.6 Å². The molecule has 0 saturated carbocycles. The number of nitrogens with one attached hydrogen (secondary N) is 1. The lowest BCUT2D eigenvalue weighted by molar-refractivity contribution is 0.365. The first-order valence-corrected chi connectivity index (χ1v) is 10.2. The van der Waals surface area contributed by atoms with Gasteiger partial charge >= 0.3 is 0 Å². The van der Waals surface area contributed by atoms with Gasteiger partial charge in [0.05, 0.1) is 19.8 Å². The van der Waals surface area contributed by atoms with E-state index < -0.39 is 0 Å². The average Bonchev–Trinajstić information content (AvgIpc) is 2.80. The summed E-state index contributed by atoms with van der Waals surface area (Å²) in [5.41, 5.74) is 1.52. The first-order chi connectivity index (χ1) is 15.5. The van der Waals surface area contributed by atoms with Crippen LogP contribution in [0.15, 0.2) is 35.4 Å². The van der Waals surface area contributed by atoms with Gasteiger partial charge in [-0.15, -0.1) is 10.2 Å². The number of hydrogen-bond donors (Lipinski definition) is 1. The Balaban J connectivity index is 1.93. The molecular formula is C20H17Cl2N7O3. The minimum absolute atomic E-state index is 0.0755. The van der Waals surface area contributed by atoms with E-state index in [1.54, 1.807) is 24.5 Å². The zero-order valence-corrected chi connectivity index (χ0v) is 18.8. The number of rotatable bonds is 6. The molecule has 0 amide bonds. The van der Waals surface area contributed by atoms with Crippen molar-refractivity contribution >= 4 is 46.0 Å². The van der Waals surface area contributed by atoms with Crippen molar-refractivity contribution in [2.75, 3.05) is 19.5 Å². The third kappa shape index (κ3) is 3.78. The van der Waals surface area contributed by atoms with Gasteiger partial charge in [0.25, 0.3) is 5.56 Å². The van der Waals surface area contributed by atoms with E-state index in [0.29, 0.717) is 17.7 Å². The Morgan fingerprint density at radius 2 is 1.69 bits per heavy atom. The second-order valence-electron chi connectivity index (χ2n) is 6.45. The zero-order valence-electron chi connectivity index (χ0n) is 17.3. The van der Waals surface area contributed by atoms with Crippen molar-refractivity contribution in [2.24, 2.45) is 0 Å². The molecule has 0 fully saturated rings. The molecule has 0 atom stereocenters. The molecule has 4 aromatic rings. The van der Waals surface area contributed by atoms with E-state index in [0.717, 1.165) is 5.69 Å². The van der Waals surface area contributed by atoms with Gasteiger partial charge in [0.2, 0.25) is 17.7 Å². The SMILES string of the molecule is CCn1c(=O)c(-c2c(Cl)c(OC)nc(OC)c2Cl)cc2nnc(Nc3ccncc3)nc21. The number of nitrogens with zero attached hydrogens (tertiary/aromatic N) is 6. The Morgan fingerprint density at radius 1 is 1.03 bits per heavy atom. The Labute approximate surface area is 192 Å². The van der Waals surface area contributed by atoms with Crippen LogP contribution in [0.1, 0.15) is 6.92 Å². The minimum Gasteiger partial charge on any atom is -0.480 e. The zero-order chi connectivity index (χ0) is 22.8. The summed E-state index contributed by atoms with van der Waals surface area (Å²) in [4.78, 5) is 26.0. The van der Waals surface area contributed by atoms with Crippen molar-refractivity contribution in [3.05, 3.63) is 51.0 Å². The van der Waals surface area contributed by atoms with Crippen molar-refractivity contribution in [1.82, 2.24) is 29.7 Å². The topological polar surface area (TPSA) is 117 Å². The molecule has 0 aromatic carbocycles. The lowest BCUT2D eigenvalue weighted by Crippen LogP contribution is -2.23. The Morgan fingerprint density at radius 3 is 2.28 bits per heavy atom. The number of ether oxygens (including phenoxy) is 2. The van der Waals surface area contributed by atoms with Crippen molar-refractivity contribution in [2.45, 2.75) is 13.5 Å². The summed E-state index contributed by atoms with van der Waals surface area (Å²) < 4.78 is 11.9. The number of pyridine rings is 3. The van der Waals surface area contributed by atoms with Crippen LogP contribution in [0.2, 0.25) is 10.0 Å². The van der Waals surface area contributed by atoms with Crippen LogP contribution in [0.3, 0.4) is 0 Å². The van der Waals surface area contributed by atoms with E-state index >= 15 is 0 Å². The number of halogens is 2. The second-order valence-corrected chi connectivity index (χ2v) is 7.20. The normalized spacial score (nSPS) is 10.9. The molecule has 0 saturated heterocycles. The van der Waals surface area contributed by atoms with Crippen LogP contribution in [0.25, 0.3) is 22.3 Å². The fraction of sp³-hybridized carbons (Fsp3) is 0.200. The lowest BCUT2D eigenvalue weighted by Gasteiger charge is -2.15. The van der Waals surface area contributed by atoms with Crippen molar-refractivity contribution in [1.29, 1.82) is 0 Å². The molecule has 4 heterocycles. The van der Waals surface area contributed by atoms with Gasteiger partial charge in [-0.25, -0.2) is 0 Å². The first kappa shape index (κ1) is 21.7. The molecule has 0 spiro atoms. The highest BCUT2D eigenvalue weighted by atomic mass is 35.5. The molecule has 0 aliphatic rings. The molecule has 12 heteroatoms. The maximum absolute atomic E-state index is 13.4. The number of aryl methyl sites for hydroxylation is 1. The van der Waals surface area contributed by atoms with Crippen molar-refractivity contribution in [3.63, 3.8) is 0 Å². The third-order valence-electron chi connectivity index (χ3n) is 4.63. The van der Waals surface area contributed by atoms with Crippen LogP contribution >= 0.6 is 23.2 Å². The van der Waals surface area contributed by atoms with Gasteiger partial charge in [0.15, 0.2) is 5.65 Å². The van der Waals surface area contributed by atoms with E-state index in [-0.39, 0.29) is 44.4 Å². The smallest absolute Gasteiger partial charge is 0.260 e. The third-order valence-corrected chi connectivity index (χ3v) is 5.33. The van der Waals surface area contributed by atoms with Crippen LogP contribution in [0.4, 0.5) is 11.6 Å². The molecule has 32 heavy (non-hydrogen) atoms. The lowest BCUT2D eigenvalue weighted by atomic mass is 10.1. The van der Waals surface area contributed by atoms with Crippen molar-refractivity contribution < 1.29 is 9.47 Å². The summed E-state index contributed by atoms with van der Waals surface area (Å²) in [7, 11) is 2.81. The highest BCUT2D eigenvalue weighted by Gasteiger charge is 2.24. The monoisotopic (exact) mass is 473 g/mol. The first-order valence-electron chi connectivity index (χ1n) is 9.41. The van der Waals surface area contributed by atoms with Gasteiger partial charge in [-0.05, 0) is 25.1 Å². The molecule has 1 N–H and O–H groups in total. The molecule has 0 aliphatic carbocycles. The van der Waals surface area contributed by atoms with Crippen molar-refractivity contribution in [3.8, 4) is 22.9 Å². The minimum atomic E-state index is -0.366. The number of aromatic nitrogens is 6. The van der Waals surface area contributed by atoms with Crippen LogP contribution in [-0.4, -0.2) is 43.9 Å². The van der Waals surface area contributed by atoms with E-state index in [1.807, 2.05) is 6.92 Å². The van der Waals surface area contributed by atoms with Gasteiger partial charge in [-0.2, -0.15) is 9.97 Å². The Kier molecular flexibility index (Phi) is 6.06. The molecule has 10 nitrogen and oxygen atoms in total. The van der Waals surface area contributed by atoms with Gasteiger partial charge in [-0.1, -0.05) is 23.2 Å². The van der Waals surface area contributed by atoms with E-state index in [1.165, 1.54) is 24.9 Å². The van der Waals surface area contributed by atoms with Crippen LogP contribution < -0.4 is 20.3 Å². The fourth-order valence-electron chi connectivity index (χ4n) is 3.16. The van der Waals surface area contributed by atoms with Gasteiger partial charge in [0, 0.05) is 30.2 Å². The molecule has 4 aromatic heterocycles. The second kappa shape index (κ2) is 8.93. The molecule has 4 rings (SSSR count). The number of anilines is 2. The van der Waals surface area contributed by atoms with Crippen LogP contribution in [0, 0.1) is 0 Å². The maximum Gasteiger partial charge on any atom is 0.260 e. The highest BCUT2D eigenvalue weighted by Crippen LogP contribution is 2.43. The molecule has 0 radical (unpaired) electrons. The Hall–Kier alpha value is -3.50. The fourth-order valence-corrected chi connectivity index (χ4v) is 3.84. The summed E-state index contributed by atoms with van der Waals surface area (Å²) in [6.07, 6.45) is 3.27. The molecule has 0 aliphatic heterocycles. The molecule has 164 valence electrons. The quantitative estimate of drug-likeness (QED) is 0.446. The predicted molar refractivity (Wildman–Crippen MR) is 121 cm³/mol. The molecule has 0 unspecified atom stereocenters. The average molecular weight is 474 g/mol. The summed E-state index contributed by atoms with van der Waals surface area (Å²) in [6.45, 7) is 2.14. The molecule has 0 bridgehead atoms. The van der Waals surface area contributed by atoms with E-state index in [2.05, 4.69) is 30.5 Å². The summed E-state index contributed by atoms with van der Waals surface area (Å²) >= 11 is 12.9. The number of hydrogen-bond acceptors (Lipinski definition) is 9.